The Labute approximate surface area is 142 Å². The molecular formula is C20H23N3O. The number of nitrogens with one attached hydrogen (secondary N) is 2. The first-order chi connectivity index (χ1) is 11.5. The van der Waals surface area contributed by atoms with Crippen LogP contribution >= 0.6 is 0 Å². The monoisotopic (exact) mass is 321 g/mol. The van der Waals surface area contributed by atoms with Crippen molar-refractivity contribution in [1.29, 1.82) is 0 Å². The highest BCUT2D eigenvalue weighted by molar-refractivity contribution is 6.08. The average molecular weight is 321 g/mol. The highest BCUT2D eigenvalue weighted by Crippen LogP contribution is 2.21. The summed E-state index contributed by atoms with van der Waals surface area (Å²) in [6.45, 7) is 3.38. The highest BCUT2D eigenvalue weighted by atomic mass is 16.1. The second kappa shape index (κ2) is 6.89. The van der Waals surface area contributed by atoms with Gasteiger partial charge in [-0.05, 0) is 38.2 Å². The van der Waals surface area contributed by atoms with Crippen molar-refractivity contribution < 1.29 is 4.79 Å². The molecule has 0 spiro atoms. The lowest BCUT2D eigenvalue weighted by molar-refractivity contribution is 0.0952. The number of aromatic amines is 1. The Kier molecular flexibility index (Phi) is 4.67. The third-order valence-electron chi connectivity index (χ3n) is 4.10. The highest BCUT2D eigenvalue weighted by Gasteiger charge is 2.15. The third kappa shape index (κ3) is 3.49. The number of para-hydroxylation sites is 1. The number of hydrogen-bond acceptors (Lipinski definition) is 2. The Morgan fingerprint density at radius 3 is 2.42 bits per heavy atom. The molecule has 124 valence electrons. The van der Waals surface area contributed by atoms with E-state index in [0.29, 0.717) is 6.54 Å². The molecule has 1 heterocycles. The minimum Gasteiger partial charge on any atom is -0.358 e. The largest absolute Gasteiger partial charge is 0.358 e. The van der Waals surface area contributed by atoms with Crippen LogP contribution < -0.4 is 5.32 Å². The van der Waals surface area contributed by atoms with Crippen LogP contribution in [0.5, 0.6) is 0 Å². The minimum atomic E-state index is -0.0395. The number of H-pyrrole nitrogens is 1. The fourth-order valence-electron chi connectivity index (χ4n) is 2.97. The number of nitrogens with zero attached hydrogens (tertiary/aromatic N) is 1. The van der Waals surface area contributed by atoms with Crippen LogP contribution in [0.2, 0.25) is 0 Å². The molecule has 0 aliphatic carbocycles. The number of amides is 1. The molecule has 0 atom stereocenters. The summed E-state index contributed by atoms with van der Waals surface area (Å²) in [5.41, 5.74) is 4.99. The molecule has 0 bridgehead atoms. The minimum absolute atomic E-state index is 0.0395. The first-order valence-corrected chi connectivity index (χ1v) is 8.12. The SMILES string of the molecule is Cc1[nH]c2ccccc2c1C(=O)NCc1ccc(CN(C)C)cc1. The Morgan fingerprint density at radius 1 is 1.04 bits per heavy atom. The van der Waals surface area contributed by atoms with E-state index in [1.165, 1.54) is 5.56 Å². The molecule has 0 fully saturated rings. The van der Waals surface area contributed by atoms with Crippen LogP contribution in [0.4, 0.5) is 0 Å². The van der Waals surface area contributed by atoms with Crippen molar-refractivity contribution in [2.75, 3.05) is 14.1 Å². The average Bonchev–Trinajstić information content (AvgIpc) is 2.89. The summed E-state index contributed by atoms with van der Waals surface area (Å²) in [7, 11) is 4.11. The molecule has 0 aliphatic heterocycles. The van der Waals surface area contributed by atoms with Gasteiger partial charge in [-0.25, -0.2) is 0 Å². The molecule has 24 heavy (non-hydrogen) atoms. The molecule has 0 aliphatic rings. The first-order valence-electron chi connectivity index (χ1n) is 8.12. The lowest BCUT2D eigenvalue weighted by Gasteiger charge is -2.10. The van der Waals surface area contributed by atoms with Gasteiger partial charge in [-0.3, -0.25) is 4.79 Å². The predicted molar refractivity (Wildman–Crippen MR) is 98.0 cm³/mol. The van der Waals surface area contributed by atoms with Gasteiger partial charge in [0.15, 0.2) is 0 Å². The van der Waals surface area contributed by atoms with Crippen LogP contribution in [0.15, 0.2) is 48.5 Å². The molecular weight excluding hydrogens is 298 g/mol. The summed E-state index contributed by atoms with van der Waals surface area (Å²) >= 11 is 0. The standard InChI is InChI=1S/C20H23N3O/c1-14-19(17-6-4-5-7-18(17)22-14)20(24)21-12-15-8-10-16(11-9-15)13-23(2)3/h4-11,22H,12-13H2,1-3H3,(H,21,24). The van der Waals surface area contributed by atoms with Gasteiger partial charge in [0, 0.05) is 29.7 Å². The summed E-state index contributed by atoms with van der Waals surface area (Å²) in [6, 6.07) is 16.2. The molecule has 4 nitrogen and oxygen atoms in total. The van der Waals surface area contributed by atoms with Crippen LogP contribution in [0.25, 0.3) is 10.9 Å². The molecule has 4 heteroatoms. The van der Waals surface area contributed by atoms with Crippen LogP contribution in [-0.4, -0.2) is 29.9 Å². The van der Waals surface area contributed by atoms with Gasteiger partial charge in [0.05, 0.1) is 5.56 Å². The number of aromatic nitrogens is 1. The quantitative estimate of drug-likeness (QED) is 0.756. The molecule has 2 aromatic carbocycles. The summed E-state index contributed by atoms with van der Waals surface area (Å²) in [4.78, 5) is 18.0. The van der Waals surface area contributed by atoms with Crippen molar-refractivity contribution in [1.82, 2.24) is 15.2 Å². The molecule has 1 aromatic heterocycles. The van der Waals surface area contributed by atoms with E-state index in [4.69, 9.17) is 0 Å². The van der Waals surface area contributed by atoms with Crippen LogP contribution in [0.3, 0.4) is 0 Å². The van der Waals surface area contributed by atoms with E-state index in [0.717, 1.165) is 34.3 Å². The number of fused-ring (bicyclic) bond motifs is 1. The van der Waals surface area contributed by atoms with E-state index in [1.807, 2.05) is 31.2 Å². The van der Waals surface area contributed by atoms with Crippen molar-refractivity contribution >= 4 is 16.8 Å². The van der Waals surface area contributed by atoms with Crippen molar-refractivity contribution in [3.05, 3.63) is 70.9 Å². The molecule has 2 N–H and O–H groups in total. The van der Waals surface area contributed by atoms with Gasteiger partial charge >= 0.3 is 0 Å². The molecule has 0 saturated heterocycles. The fraction of sp³-hybridized carbons (Fsp3) is 0.250. The van der Waals surface area contributed by atoms with Gasteiger partial charge in [0.25, 0.3) is 5.91 Å². The maximum Gasteiger partial charge on any atom is 0.253 e. The Bertz CT molecular complexity index is 847. The summed E-state index contributed by atoms with van der Waals surface area (Å²) in [5.74, 6) is -0.0395. The van der Waals surface area contributed by atoms with Crippen LogP contribution in [-0.2, 0) is 13.1 Å². The summed E-state index contributed by atoms with van der Waals surface area (Å²) in [6.07, 6.45) is 0. The summed E-state index contributed by atoms with van der Waals surface area (Å²) < 4.78 is 0. The normalized spacial score (nSPS) is 11.2. The molecule has 1 amide bonds. The number of carbonyl (C=O) groups excluding carboxylic acids is 1. The first kappa shape index (κ1) is 16.3. The van der Waals surface area contributed by atoms with Crippen LogP contribution in [0, 0.1) is 6.92 Å². The number of benzene rings is 2. The van der Waals surface area contributed by atoms with Crippen molar-refractivity contribution in [3.8, 4) is 0 Å². The number of aryl methyl sites for hydroxylation is 1. The van der Waals surface area contributed by atoms with Gasteiger partial charge in [0.2, 0.25) is 0 Å². The zero-order valence-corrected chi connectivity index (χ0v) is 14.4. The van der Waals surface area contributed by atoms with Crippen molar-refractivity contribution in [2.24, 2.45) is 0 Å². The molecule has 3 aromatic rings. The molecule has 0 unspecified atom stereocenters. The van der Waals surface area contributed by atoms with Gasteiger partial charge in [-0.2, -0.15) is 0 Å². The van der Waals surface area contributed by atoms with E-state index in [1.54, 1.807) is 0 Å². The number of hydrogen-bond donors (Lipinski definition) is 2. The van der Waals surface area contributed by atoms with Gasteiger partial charge in [-0.15, -0.1) is 0 Å². The topological polar surface area (TPSA) is 48.1 Å². The van der Waals surface area contributed by atoms with Gasteiger partial charge < -0.3 is 15.2 Å². The molecule has 0 radical (unpaired) electrons. The van der Waals surface area contributed by atoms with Crippen LogP contribution in [0.1, 0.15) is 27.2 Å². The molecule has 0 saturated carbocycles. The van der Waals surface area contributed by atoms with E-state index in [-0.39, 0.29) is 5.91 Å². The smallest absolute Gasteiger partial charge is 0.253 e. The zero-order chi connectivity index (χ0) is 17.1. The summed E-state index contributed by atoms with van der Waals surface area (Å²) in [5, 5.41) is 3.99. The van der Waals surface area contributed by atoms with Gasteiger partial charge in [0.1, 0.15) is 0 Å². The van der Waals surface area contributed by atoms with E-state index in [2.05, 4.69) is 53.6 Å². The van der Waals surface area contributed by atoms with E-state index < -0.39 is 0 Å². The zero-order valence-electron chi connectivity index (χ0n) is 14.4. The molecule has 3 rings (SSSR count). The second-order valence-electron chi connectivity index (χ2n) is 6.41. The lowest BCUT2D eigenvalue weighted by Crippen LogP contribution is -2.23. The number of carbonyl (C=O) groups is 1. The van der Waals surface area contributed by atoms with Gasteiger partial charge in [-0.1, -0.05) is 42.5 Å². The lowest BCUT2D eigenvalue weighted by atomic mass is 10.1. The second-order valence-corrected chi connectivity index (χ2v) is 6.41. The maximum atomic E-state index is 12.6. The van der Waals surface area contributed by atoms with Crippen molar-refractivity contribution in [2.45, 2.75) is 20.0 Å². The van der Waals surface area contributed by atoms with E-state index >= 15 is 0 Å². The third-order valence-corrected chi connectivity index (χ3v) is 4.10. The van der Waals surface area contributed by atoms with E-state index in [9.17, 15) is 4.79 Å². The van der Waals surface area contributed by atoms with Crippen molar-refractivity contribution in [3.63, 3.8) is 0 Å². The fourth-order valence-corrected chi connectivity index (χ4v) is 2.97. The Balaban J connectivity index is 1.70. The predicted octanol–water partition coefficient (Wildman–Crippen LogP) is 3.47. The Hall–Kier alpha value is -2.59. The maximum absolute atomic E-state index is 12.6. The number of rotatable bonds is 5. The Morgan fingerprint density at radius 2 is 1.71 bits per heavy atom.